The van der Waals surface area contributed by atoms with Crippen molar-refractivity contribution in [2.45, 2.75) is 39.0 Å². The smallest absolute Gasteiger partial charge is 0.159 e. The SMILES string of the molecule is CCCCc1ccc(Nc2ncnc(N3CCCC3)c2N)cc1. The van der Waals surface area contributed by atoms with E-state index in [0.29, 0.717) is 11.5 Å². The third-order valence-corrected chi connectivity index (χ3v) is 4.30. The zero-order valence-electron chi connectivity index (χ0n) is 13.8. The zero-order chi connectivity index (χ0) is 16.1. The fraction of sp³-hybridized carbons (Fsp3) is 0.444. The van der Waals surface area contributed by atoms with E-state index in [-0.39, 0.29) is 0 Å². The van der Waals surface area contributed by atoms with Crippen LogP contribution in [-0.2, 0) is 6.42 Å². The summed E-state index contributed by atoms with van der Waals surface area (Å²) in [6.07, 6.45) is 7.56. The zero-order valence-corrected chi connectivity index (χ0v) is 13.8. The third-order valence-electron chi connectivity index (χ3n) is 4.30. The second-order valence-corrected chi connectivity index (χ2v) is 6.08. The fourth-order valence-electron chi connectivity index (χ4n) is 2.94. The Kier molecular flexibility index (Phi) is 4.95. The number of aryl methyl sites for hydroxylation is 1. The van der Waals surface area contributed by atoms with Gasteiger partial charge in [-0.25, -0.2) is 9.97 Å². The molecule has 0 radical (unpaired) electrons. The molecule has 1 aromatic carbocycles. The van der Waals surface area contributed by atoms with Crippen LogP contribution in [-0.4, -0.2) is 23.1 Å². The normalized spacial score (nSPS) is 14.2. The van der Waals surface area contributed by atoms with Gasteiger partial charge in [-0.1, -0.05) is 25.5 Å². The van der Waals surface area contributed by atoms with Gasteiger partial charge in [0.2, 0.25) is 0 Å². The van der Waals surface area contributed by atoms with Crippen molar-refractivity contribution in [1.82, 2.24) is 9.97 Å². The molecule has 0 bridgehead atoms. The first-order valence-electron chi connectivity index (χ1n) is 8.49. The van der Waals surface area contributed by atoms with Crippen molar-refractivity contribution in [3.8, 4) is 0 Å². The number of nitrogens with one attached hydrogen (secondary N) is 1. The highest BCUT2D eigenvalue weighted by Gasteiger charge is 2.18. The Labute approximate surface area is 137 Å². The Balaban J connectivity index is 1.73. The van der Waals surface area contributed by atoms with E-state index in [1.165, 1.54) is 31.2 Å². The highest BCUT2D eigenvalue weighted by molar-refractivity contribution is 5.78. The average molecular weight is 311 g/mol. The molecule has 3 N–H and O–H groups in total. The molecule has 1 aliphatic heterocycles. The molecule has 2 aromatic rings. The van der Waals surface area contributed by atoms with Crippen molar-refractivity contribution in [3.63, 3.8) is 0 Å². The van der Waals surface area contributed by atoms with Crippen LogP contribution in [0.1, 0.15) is 38.2 Å². The predicted molar refractivity (Wildman–Crippen MR) is 96.2 cm³/mol. The van der Waals surface area contributed by atoms with Gasteiger partial charge in [0.15, 0.2) is 11.6 Å². The Hall–Kier alpha value is -2.30. The lowest BCUT2D eigenvalue weighted by Crippen LogP contribution is -2.21. The van der Waals surface area contributed by atoms with Crippen LogP contribution in [0.3, 0.4) is 0 Å². The average Bonchev–Trinajstić information content (AvgIpc) is 3.10. The molecule has 0 amide bonds. The number of unbranched alkanes of at least 4 members (excludes halogenated alkanes) is 1. The first kappa shape index (κ1) is 15.6. The van der Waals surface area contributed by atoms with E-state index in [9.17, 15) is 0 Å². The molecule has 5 nitrogen and oxygen atoms in total. The van der Waals surface area contributed by atoms with Crippen molar-refractivity contribution in [2.75, 3.05) is 29.0 Å². The maximum absolute atomic E-state index is 6.28. The summed E-state index contributed by atoms with van der Waals surface area (Å²) in [7, 11) is 0. The van der Waals surface area contributed by atoms with Gasteiger partial charge in [-0.3, -0.25) is 0 Å². The number of nitrogens with two attached hydrogens (primary N) is 1. The molecule has 1 aliphatic rings. The van der Waals surface area contributed by atoms with Gasteiger partial charge in [0.1, 0.15) is 12.0 Å². The van der Waals surface area contributed by atoms with Crippen molar-refractivity contribution in [2.24, 2.45) is 0 Å². The Morgan fingerprint density at radius 2 is 1.87 bits per heavy atom. The van der Waals surface area contributed by atoms with Crippen LogP contribution in [0.5, 0.6) is 0 Å². The first-order valence-corrected chi connectivity index (χ1v) is 8.49. The molecule has 0 atom stereocenters. The summed E-state index contributed by atoms with van der Waals surface area (Å²) >= 11 is 0. The fourth-order valence-corrected chi connectivity index (χ4v) is 2.94. The van der Waals surface area contributed by atoms with Crippen LogP contribution >= 0.6 is 0 Å². The molecule has 23 heavy (non-hydrogen) atoms. The highest BCUT2D eigenvalue weighted by Crippen LogP contribution is 2.30. The van der Waals surface area contributed by atoms with E-state index in [1.54, 1.807) is 6.33 Å². The van der Waals surface area contributed by atoms with Crippen LogP contribution in [0.4, 0.5) is 23.0 Å². The molecule has 2 heterocycles. The summed E-state index contributed by atoms with van der Waals surface area (Å²) in [6.45, 7) is 4.26. The molecule has 0 unspecified atom stereocenters. The van der Waals surface area contributed by atoms with Crippen LogP contribution < -0.4 is 16.0 Å². The molecule has 0 aliphatic carbocycles. The van der Waals surface area contributed by atoms with Gasteiger partial charge in [-0.15, -0.1) is 0 Å². The van der Waals surface area contributed by atoms with E-state index in [4.69, 9.17) is 5.73 Å². The molecule has 1 aromatic heterocycles. The van der Waals surface area contributed by atoms with Gasteiger partial charge in [-0.2, -0.15) is 0 Å². The number of nitrogen functional groups attached to an aromatic ring is 1. The Morgan fingerprint density at radius 1 is 1.13 bits per heavy atom. The topological polar surface area (TPSA) is 67.1 Å². The van der Waals surface area contributed by atoms with Gasteiger partial charge in [0.05, 0.1) is 0 Å². The molecule has 0 saturated carbocycles. The minimum absolute atomic E-state index is 0.629. The molecule has 122 valence electrons. The Bertz CT molecular complexity index is 632. The lowest BCUT2D eigenvalue weighted by molar-refractivity contribution is 0.795. The number of hydrogen-bond acceptors (Lipinski definition) is 5. The largest absolute Gasteiger partial charge is 0.393 e. The first-order chi connectivity index (χ1) is 11.3. The number of benzene rings is 1. The van der Waals surface area contributed by atoms with Crippen LogP contribution in [0.25, 0.3) is 0 Å². The summed E-state index contributed by atoms with van der Waals surface area (Å²) in [5.41, 5.74) is 9.28. The number of nitrogens with zero attached hydrogens (tertiary/aromatic N) is 3. The van der Waals surface area contributed by atoms with Crippen LogP contribution in [0.15, 0.2) is 30.6 Å². The molecule has 1 saturated heterocycles. The standard InChI is InChI=1S/C18H25N5/c1-2-3-6-14-7-9-15(10-8-14)22-17-16(19)18(21-13-20-17)23-11-4-5-12-23/h7-10,13H,2-6,11-12,19H2,1H3,(H,20,21,22). The summed E-state index contributed by atoms with van der Waals surface area (Å²) < 4.78 is 0. The quantitative estimate of drug-likeness (QED) is 0.850. The number of rotatable bonds is 6. The van der Waals surface area contributed by atoms with E-state index in [2.05, 4.69) is 51.4 Å². The maximum Gasteiger partial charge on any atom is 0.159 e. The Morgan fingerprint density at radius 3 is 2.57 bits per heavy atom. The molecular formula is C18H25N5. The van der Waals surface area contributed by atoms with Gasteiger partial charge in [-0.05, 0) is 43.4 Å². The second-order valence-electron chi connectivity index (χ2n) is 6.08. The van der Waals surface area contributed by atoms with E-state index >= 15 is 0 Å². The van der Waals surface area contributed by atoms with Gasteiger partial charge in [0.25, 0.3) is 0 Å². The monoisotopic (exact) mass is 311 g/mol. The van der Waals surface area contributed by atoms with Gasteiger partial charge >= 0.3 is 0 Å². The lowest BCUT2D eigenvalue weighted by atomic mass is 10.1. The highest BCUT2D eigenvalue weighted by atomic mass is 15.2. The van der Waals surface area contributed by atoms with Crippen molar-refractivity contribution in [3.05, 3.63) is 36.2 Å². The number of hydrogen-bond donors (Lipinski definition) is 2. The van der Waals surface area contributed by atoms with Gasteiger partial charge in [0, 0.05) is 18.8 Å². The molecule has 0 spiro atoms. The van der Waals surface area contributed by atoms with E-state index < -0.39 is 0 Å². The van der Waals surface area contributed by atoms with Crippen LogP contribution in [0, 0.1) is 0 Å². The molecule has 5 heteroatoms. The summed E-state index contributed by atoms with van der Waals surface area (Å²) in [5.74, 6) is 1.53. The molecule has 3 rings (SSSR count). The maximum atomic E-state index is 6.28. The van der Waals surface area contributed by atoms with Crippen LogP contribution in [0.2, 0.25) is 0 Å². The summed E-state index contributed by atoms with van der Waals surface area (Å²) in [4.78, 5) is 10.9. The van der Waals surface area contributed by atoms with Gasteiger partial charge < -0.3 is 16.0 Å². The molecular weight excluding hydrogens is 286 g/mol. The third kappa shape index (κ3) is 3.73. The van der Waals surface area contributed by atoms with E-state index in [1.807, 2.05) is 0 Å². The minimum Gasteiger partial charge on any atom is -0.393 e. The number of anilines is 4. The van der Waals surface area contributed by atoms with Crippen molar-refractivity contribution < 1.29 is 0 Å². The minimum atomic E-state index is 0.629. The van der Waals surface area contributed by atoms with Crippen molar-refractivity contribution >= 4 is 23.0 Å². The number of aromatic nitrogens is 2. The van der Waals surface area contributed by atoms with Crippen molar-refractivity contribution in [1.29, 1.82) is 0 Å². The summed E-state index contributed by atoms with van der Waals surface area (Å²) in [6, 6.07) is 8.50. The predicted octanol–water partition coefficient (Wildman–Crippen LogP) is 3.75. The summed E-state index contributed by atoms with van der Waals surface area (Å²) in [5, 5.41) is 3.32. The second kappa shape index (κ2) is 7.31. The molecule has 1 fully saturated rings. The lowest BCUT2D eigenvalue weighted by Gasteiger charge is -2.19. The van der Waals surface area contributed by atoms with E-state index in [0.717, 1.165) is 31.0 Å².